The maximum atomic E-state index is 12.5. The Hall–Kier alpha value is -3.22. The molecule has 26 heavy (non-hydrogen) atoms. The fraction of sp³-hybridized carbons (Fsp3) is 0.263. The molecule has 0 aliphatic carbocycles. The number of amides is 2. The number of hydrogen-bond donors (Lipinski definition) is 3. The monoisotopic (exact) mass is 355 g/mol. The van der Waals surface area contributed by atoms with Crippen molar-refractivity contribution in [3.05, 3.63) is 66.0 Å². The van der Waals surface area contributed by atoms with E-state index in [0.29, 0.717) is 12.0 Å². The first-order valence-corrected chi connectivity index (χ1v) is 8.22. The van der Waals surface area contributed by atoms with Crippen molar-refractivity contribution in [1.29, 1.82) is 0 Å². The van der Waals surface area contributed by atoms with E-state index in [1.165, 1.54) is 13.1 Å². The summed E-state index contributed by atoms with van der Waals surface area (Å²) >= 11 is 0. The molecule has 0 bridgehead atoms. The van der Waals surface area contributed by atoms with Gasteiger partial charge in [-0.15, -0.1) is 0 Å². The highest BCUT2D eigenvalue weighted by Gasteiger charge is 2.23. The normalized spacial score (nSPS) is 12.7. The summed E-state index contributed by atoms with van der Waals surface area (Å²) in [5, 5.41) is 14.2. The minimum Gasteiger partial charge on any atom is -0.481 e. The van der Waals surface area contributed by atoms with E-state index in [1.807, 2.05) is 30.3 Å². The third kappa shape index (κ3) is 5.70. The van der Waals surface area contributed by atoms with Crippen LogP contribution in [0.3, 0.4) is 0 Å². The summed E-state index contributed by atoms with van der Waals surface area (Å²) in [6.07, 6.45) is 3.26. The molecule has 0 saturated carbocycles. The molecule has 1 aromatic carbocycles. The number of aromatic nitrogens is 1. The number of aliphatic carboxylic acids is 1. The van der Waals surface area contributed by atoms with Crippen molar-refractivity contribution in [2.45, 2.75) is 19.4 Å². The van der Waals surface area contributed by atoms with Crippen LogP contribution in [0.1, 0.15) is 22.8 Å². The number of carboxylic acid groups (broad SMARTS) is 1. The van der Waals surface area contributed by atoms with Crippen LogP contribution in [0.15, 0.2) is 54.9 Å². The van der Waals surface area contributed by atoms with Gasteiger partial charge in [0.1, 0.15) is 6.04 Å². The Kier molecular flexibility index (Phi) is 6.84. The zero-order valence-corrected chi connectivity index (χ0v) is 14.4. The van der Waals surface area contributed by atoms with Crippen LogP contribution < -0.4 is 10.6 Å². The first-order valence-electron chi connectivity index (χ1n) is 8.22. The highest BCUT2D eigenvalue weighted by Crippen LogP contribution is 2.06. The Balaban J connectivity index is 2.09. The predicted octanol–water partition coefficient (Wildman–Crippen LogP) is 1.26. The van der Waals surface area contributed by atoms with Crippen molar-refractivity contribution in [2.75, 3.05) is 6.54 Å². The maximum Gasteiger partial charge on any atom is 0.308 e. The molecule has 1 heterocycles. The maximum absolute atomic E-state index is 12.5. The lowest BCUT2D eigenvalue weighted by Crippen LogP contribution is -2.49. The Morgan fingerprint density at radius 1 is 1.12 bits per heavy atom. The smallest absolute Gasteiger partial charge is 0.308 e. The average Bonchev–Trinajstić information content (AvgIpc) is 2.66. The molecule has 2 amide bonds. The van der Waals surface area contributed by atoms with Crippen LogP contribution in [0.2, 0.25) is 0 Å². The summed E-state index contributed by atoms with van der Waals surface area (Å²) in [6.45, 7) is 1.49. The average molecular weight is 355 g/mol. The van der Waals surface area contributed by atoms with E-state index in [1.54, 1.807) is 18.3 Å². The fourth-order valence-corrected chi connectivity index (χ4v) is 2.26. The molecule has 2 aromatic rings. The molecule has 2 atom stereocenters. The minimum absolute atomic E-state index is 0.0117. The zero-order chi connectivity index (χ0) is 18.9. The number of nitrogens with one attached hydrogen (secondary N) is 2. The van der Waals surface area contributed by atoms with Gasteiger partial charge in [0.2, 0.25) is 5.91 Å². The Morgan fingerprint density at radius 3 is 2.46 bits per heavy atom. The molecule has 0 fully saturated rings. The Bertz CT molecular complexity index is 750. The topological polar surface area (TPSA) is 108 Å². The second kappa shape index (κ2) is 9.31. The van der Waals surface area contributed by atoms with E-state index < -0.39 is 29.7 Å². The van der Waals surface area contributed by atoms with Gasteiger partial charge in [0, 0.05) is 25.4 Å². The van der Waals surface area contributed by atoms with E-state index >= 15 is 0 Å². The summed E-state index contributed by atoms with van der Waals surface area (Å²) in [4.78, 5) is 39.7. The first kappa shape index (κ1) is 19.1. The number of carbonyl (C=O) groups excluding carboxylic acids is 2. The van der Waals surface area contributed by atoms with E-state index in [9.17, 15) is 14.4 Å². The minimum atomic E-state index is -0.996. The zero-order valence-electron chi connectivity index (χ0n) is 14.4. The number of pyridine rings is 1. The van der Waals surface area contributed by atoms with Crippen LogP contribution in [-0.4, -0.2) is 40.5 Å². The van der Waals surface area contributed by atoms with Gasteiger partial charge in [0.15, 0.2) is 0 Å². The number of carboxylic acids is 1. The van der Waals surface area contributed by atoms with Gasteiger partial charge in [0.05, 0.1) is 11.5 Å². The second-order valence-corrected chi connectivity index (χ2v) is 5.94. The summed E-state index contributed by atoms with van der Waals surface area (Å²) in [6, 6.07) is 11.7. The summed E-state index contributed by atoms with van der Waals surface area (Å²) < 4.78 is 0. The molecule has 0 aliphatic rings. The van der Waals surface area contributed by atoms with Crippen LogP contribution in [0.4, 0.5) is 0 Å². The summed E-state index contributed by atoms with van der Waals surface area (Å²) in [5.41, 5.74) is 1.22. The van der Waals surface area contributed by atoms with Crippen LogP contribution >= 0.6 is 0 Å². The molecule has 136 valence electrons. The van der Waals surface area contributed by atoms with Crippen LogP contribution in [0, 0.1) is 5.92 Å². The van der Waals surface area contributed by atoms with E-state index in [2.05, 4.69) is 15.6 Å². The predicted molar refractivity (Wildman–Crippen MR) is 95.4 cm³/mol. The molecule has 7 nitrogen and oxygen atoms in total. The highest BCUT2D eigenvalue weighted by atomic mass is 16.4. The standard InChI is InChI=1S/C19H21N3O4/c1-13(19(25)26)11-21-18(24)16(10-14-6-3-2-4-7-14)22-17(23)15-8-5-9-20-12-15/h2-9,12-13,16H,10-11H2,1H3,(H,21,24)(H,22,23)(H,25,26). The van der Waals surface area contributed by atoms with Crippen molar-refractivity contribution in [3.63, 3.8) is 0 Å². The second-order valence-electron chi connectivity index (χ2n) is 5.94. The van der Waals surface area contributed by atoms with Crippen molar-refractivity contribution >= 4 is 17.8 Å². The molecular weight excluding hydrogens is 334 g/mol. The van der Waals surface area contributed by atoms with Gasteiger partial charge in [-0.25, -0.2) is 0 Å². The van der Waals surface area contributed by atoms with Gasteiger partial charge < -0.3 is 15.7 Å². The van der Waals surface area contributed by atoms with E-state index in [0.717, 1.165) is 5.56 Å². The largest absolute Gasteiger partial charge is 0.481 e. The van der Waals surface area contributed by atoms with E-state index in [-0.39, 0.29) is 6.54 Å². The van der Waals surface area contributed by atoms with Gasteiger partial charge in [-0.05, 0) is 17.7 Å². The fourth-order valence-electron chi connectivity index (χ4n) is 2.26. The Labute approximate surface area is 151 Å². The lowest BCUT2D eigenvalue weighted by molar-refractivity contribution is -0.141. The van der Waals surface area contributed by atoms with Crippen LogP contribution in [0.25, 0.3) is 0 Å². The van der Waals surface area contributed by atoms with Crippen molar-refractivity contribution in [2.24, 2.45) is 5.92 Å². The van der Waals surface area contributed by atoms with Crippen molar-refractivity contribution in [3.8, 4) is 0 Å². The van der Waals surface area contributed by atoms with Gasteiger partial charge in [-0.3, -0.25) is 19.4 Å². The lowest BCUT2D eigenvalue weighted by atomic mass is 10.0. The van der Waals surface area contributed by atoms with Crippen molar-refractivity contribution < 1.29 is 19.5 Å². The van der Waals surface area contributed by atoms with Gasteiger partial charge in [-0.1, -0.05) is 37.3 Å². The molecule has 7 heteroatoms. The first-order chi connectivity index (χ1) is 12.5. The molecule has 2 unspecified atom stereocenters. The molecular formula is C19H21N3O4. The molecule has 3 N–H and O–H groups in total. The molecule has 1 aromatic heterocycles. The third-order valence-electron chi connectivity index (χ3n) is 3.83. The molecule has 0 radical (unpaired) electrons. The number of nitrogens with zero attached hydrogens (tertiary/aromatic N) is 1. The van der Waals surface area contributed by atoms with Crippen molar-refractivity contribution in [1.82, 2.24) is 15.6 Å². The number of carbonyl (C=O) groups is 3. The highest BCUT2D eigenvalue weighted by molar-refractivity contribution is 5.97. The molecule has 0 aliphatic heterocycles. The van der Waals surface area contributed by atoms with Gasteiger partial charge in [-0.2, -0.15) is 0 Å². The lowest BCUT2D eigenvalue weighted by Gasteiger charge is -2.19. The third-order valence-corrected chi connectivity index (χ3v) is 3.83. The van der Waals surface area contributed by atoms with Gasteiger partial charge >= 0.3 is 5.97 Å². The summed E-state index contributed by atoms with van der Waals surface area (Å²) in [7, 11) is 0. The quantitative estimate of drug-likeness (QED) is 0.661. The SMILES string of the molecule is CC(CNC(=O)C(Cc1ccccc1)NC(=O)c1cccnc1)C(=O)O. The van der Waals surface area contributed by atoms with Crippen LogP contribution in [0.5, 0.6) is 0 Å². The number of benzene rings is 1. The molecule has 0 spiro atoms. The number of rotatable bonds is 8. The van der Waals surface area contributed by atoms with E-state index in [4.69, 9.17) is 5.11 Å². The molecule has 0 saturated heterocycles. The number of hydrogen-bond acceptors (Lipinski definition) is 4. The van der Waals surface area contributed by atoms with Gasteiger partial charge in [0.25, 0.3) is 5.91 Å². The summed E-state index contributed by atoms with van der Waals surface area (Å²) in [5.74, 6) is -2.56. The van der Waals surface area contributed by atoms with Crippen LogP contribution in [-0.2, 0) is 16.0 Å². The Morgan fingerprint density at radius 2 is 1.85 bits per heavy atom. The molecule has 2 rings (SSSR count).